The summed E-state index contributed by atoms with van der Waals surface area (Å²) in [6, 6.07) is 7.38. The third-order valence-corrected chi connectivity index (χ3v) is 4.27. The highest BCUT2D eigenvalue weighted by Crippen LogP contribution is 2.16. The van der Waals surface area contributed by atoms with Crippen molar-refractivity contribution in [2.75, 3.05) is 5.73 Å². The van der Waals surface area contributed by atoms with E-state index < -0.39 is 0 Å². The number of carbonyl (C=O) groups excluding carboxylic acids is 1. The SMILES string of the molecule is CCCCCCCCCCCCCC(=O)c1ccccc1N. The van der Waals surface area contributed by atoms with Gasteiger partial charge in [-0.05, 0) is 18.6 Å². The number of benzene rings is 1. The number of anilines is 1. The summed E-state index contributed by atoms with van der Waals surface area (Å²) >= 11 is 0. The van der Waals surface area contributed by atoms with Gasteiger partial charge in [0, 0.05) is 17.7 Å². The molecule has 22 heavy (non-hydrogen) atoms. The Morgan fingerprint density at radius 3 is 1.86 bits per heavy atom. The summed E-state index contributed by atoms with van der Waals surface area (Å²) in [4.78, 5) is 12.0. The summed E-state index contributed by atoms with van der Waals surface area (Å²) in [6.45, 7) is 2.26. The average Bonchev–Trinajstić information content (AvgIpc) is 2.53. The smallest absolute Gasteiger partial charge is 0.164 e. The van der Waals surface area contributed by atoms with Crippen LogP contribution in [-0.4, -0.2) is 5.78 Å². The predicted octanol–water partition coefficient (Wildman–Crippen LogP) is 6.15. The van der Waals surface area contributed by atoms with Gasteiger partial charge in [-0.2, -0.15) is 0 Å². The van der Waals surface area contributed by atoms with Crippen LogP contribution in [0, 0.1) is 0 Å². The van der Waals surface area contributed by atoms with Crippen molar-refractivity contribution in [2.24, 2.45) is 0 Å². The Bertz CT molecular complexity index is 414. The van der Waals surface area contributed by atoms with Crippen molar-refractivity contribution in [3.8, 4) is 0 Å². The lowest BCUT2D eigenvalue weighted by atomic mass is 10.0. The number of hydrogen-bond acceptors (Lipinski definition) is 2. The van der Waals surface area contributed by atoms with E-state index in [1.807, 2.05) is 18.2 Å². The monoisotopic (exact) mass is 303 g/mol. The third kappa shape index (κ3) is 8.21. The third-order valence-electron chi connectivity index (χ3n) is 4.27. The molecule has 0 heterocycles. The van der Waals surface area contributed by atoms with Crippen molar-refractivity contribution in [3.05, 3.63) is 29.8 Å². The number of Topliss-reactive ketones (excluding diaryl/α,β-unsaturated/α-hetero) is 1. The fraction of sp³-hybridized carbons (Fsp3) is 0.650. The zero-order chi connectivity index (χ0) is 16.0. The number of unbranched alkanes of at least 4 members (excludes halogenated alkanes) is 10. The lowest BCUT2D eigenvalue weighted by Crippen LogP contribution is -2.03. The molecule has 0 radical (unpaired) electrons. The lowest BCUT2D eigenvalue weighted by molar-refractivity contribution is 0.0980. The minimum absolute atomic E-state index is 0.189. The molecule has 0 fully saturated rings. The van der Waals surface area contributed by atoms with Crippen LogP contribution in [0.4, 0.5) is 5.69 Å². The first-order valence-electron chi connectivity index (χ1n) is 9.13. The number of nitrogens with two attached hydrogens (primary N) is 1. The van der Waals surface area contributed by atoms with Crippen LogP contribution in [0.2, 0.25) is 0 Å². The second kappa shape index (κ2) is 12.3. The fourth-order valence-electron chi connectivity index (χ4n) is 2.84. The quantitative estimate of drug-likeness (QED) is 0.270. The van der Waals surface area contributed by atoms with Crippen molar-refractivity contribution in [1.29, 1.82) is 0 Å². The maximum Gasteiger partial charge on any atom is 0.164 e. The van der Waals surface area contributed by atoms with Gasteiger partial charge in [0.05, 0.1) is 0 Å². The molecule has 0 saturated heterocycles. The van der Waals surface area contributed by atoms with E-state index in [9.17, 15) is 4.79 Å². The van der Waals surface area contributed by atoms with Gasteiger partial charge in [-0.25, -0.2) is 0 Å². The van der Waals surface area contributed by atoms with Crippen LogP contribution in [0.25, 0.3) is 0 Å². The standard InChI is InChI=1S/C20H33NO/c1-2-3-4-5-6-7-8-9-10-11-12-17-20(22)18-15-13-14-16-19(18)21/h13-16H,2-12,17,21H2,1H3. The molecule has 1 rings (SSSR count). The molecule has 1 aromatic carbocycles. The summed E-state index contributed by atoms with van der Waals surface area (Å²) in [6.07, 6.45) is 15.0. The highest BCUT2D eigenvalue weighted by Gasteiger charge is 2.08. The Balaban J connectivity index is 1.95. The summed E-state index contributed by atoms with van der Waals surface area (Å²) in [5.41, 5.74) is 7.13. The minimum Gasteiger partial charge on any atom is -0.398 e. The number of nitrogen functional groups attached to an aromatic ring is 1. The van der Waals surface area contributed by atoms with E-state index in [0.29, 0.717) is 17.7 Å². The topological polar surface area (TPSA) is 43.1 Å². The van der Waals surface area contributed by atoms with Crippen LogP contribution >= 0.6 is 0 Å². The molecule has 0 atom stereocenters. The first-order valence-corrected chi connectivity index (χ1v) is 9.13. The number of ketones is 1. The Hall–Kier alpha value is -1.31. The summed E-state index contributed by atoms with van der Waals surface area (Å²) in [7, 11) is 0. The average molecular weight is 303 g/mol. The molecule has 0 aliphatic rings. The van der Waals surface area contributed by atoms with Crippen LogP contribution in [0.15, 0.2) is 24.3 Å². The molecule has 2 heteroatoms. The van der Waals surface area contributed by atoms with Crippen molar-refractivity contribution in [2.45, 2.75) is 84.0 Å². The lowest BCUT2D eigenvalue weighted by Gasteiger charge is -2.05. The van der Waals surface area contributed by atoms with Crippen LogP contribution in [0.3, 0.4) is 0 Å². The van der Waals surface area contributed by atoms with Gasteiger partial charge in [-0.1, -0.05) is 83.3 Å². The van der Waals surface area contributed by atoms with Gasteiger partial charge in [0.1, 0.15) is 0 Å². The molecule has 0 aliphatic heterocycles. The molecule has 124 valence electrons. The van der Waals surface area contributed by atoms with Crippen molar-refractivity contribution in [3.63, 3.8) is 0 Å². The van der Waals surface area contributed by atoms with Crippen LogP contribution < -0.4 is 5.73 Å². The van der Waals surface area contributed by atoms with Crippen LogP contribution in [0.1, 0.15) is 94.3 Å². The molecule has 2 nitrogen and oxygen atoms in total. The molecule has 0 bridgehead atoms. The van der Waals surface area contributed by atoms with E-state index >= 15 is 0 Å². The van der Waals surface area contributed by atoms with E-state index in [1.54, 1.807) is 6.07 Å². The highest BCUT2D eigenvalue weighted by atomic mass is 16.1. The Morgan fingerprint density at radius 2 is 1.32 bits per heavy atom. The van der Waals surface area contributed by atoms with Gasteiger partial charge in [0.15, 0.2) is 5.78 Å². The fourth-order valence-corrected chi connectivity index (χ4v) is 2.84. The molecule has 2 N–H and O–H groups in total. The molecule has 0 aromatic heterocycles. The van der Waals surface area contributed by atoms with Gasteiger partial charge >= 0.3 is 0 Å². The molecule has 0 aliphatic carbocycles. The van der Waals surface area contributed by atoms with Gasteiger partial charge < -0.3 is 5.73 Å². The van der Waals surface area contributed by atoms with Crippen LogP contribution in [0.5, 0.6) is 0 Å². The predicted molar refractivity (Wildman–Crippen MR) is 96.3 cm³/mol. The van der Waals surface area contributed by atoms with Gasteiger partial charge in [0.25, 0.3) is 0 Å². The second-order valence-electron chi connectivity index (χ2n) is 6.30. The first kappa shape index (κ1) is 18.7. The van der Waals surface area contributed by atoms with Gasteiger partial charge in [0.2, 0.25) is 0 Å². The Kier molecular flexibility index (Phi) is 10.4. The van der Waals surface area contributed by atoms with E-state index in [2.05, 4.69) is 6.92 Å². The summed E-state index contributed by atoms with van der Waals surface area (Å²) < 4.78 is 0. The van der Waals surface area contributed by atoms with Gasteiger partial charge in [-0.3, -0.25) is 4.79 Å². The minimum atomic E-state index is 0.189. The Morgan fingerprint density at radius 1 is 0.818 bits per heavy atom. The van der Waals surface area contributed by atoms with E-state index in [-0.39, 0.29) is 5.78 Å². The van der Waals surface area contributed by atoms with E-state index in [0.717, 1.165) is 12.8 Å². The summed E-state index contributed by atoms with van der Waals surface area (Å²) in [5.74, 6) is 0.189. The molecule has 0 saturated carbocycles. The van der Waals surface area contributed by atoms with Crippen molar-refractivity contribution >= 4 is 11.5 Å². The zero-order valence-electron chi connectivity index (χ0n) is 14.3. The van der Waals surface area contributed by atoms with Crippen molar-refractivity contribution < 1.29 is 4.79 Å². The Labute approximate surface area is 136 Å². The van der Waals surface area contributed by atoms with Crippen LogP contribution in [-0.2, 0) is 0 Å². The van der Waals surface area contributed by atoms with Gasteiger partial charge in [-0.15, -0.1) is 0 Å². The number of para-hydroxylation sites is 1. The highest BCUT2D eigenvalue weighted by molar-refractivity contribution is 6.00. The molecular formula is C20H33NO. The second-order valence-corrected chi connectivity index (χ2v) is 6.30. The summed E-state index contributed by atoms with van der Waals surface area (Å²) in [5, 5.41) is 0. The molecular weight excluding hydrogens is 270 g/mol. The zero-order valence-corrected chi connectivity index (χ0v) is 14.3. The van der Waals surface area contributed by atoms with E-state index in [4.69, 9.17) is 5.73 Å². The largest absolute Gasteiger partial charge is 0.398 e. The normalized spacial score (nSPS) is 10.8. The molecule has 0 unspecified atom stereocenters. The van der Waals surface area contributed by atoms with E-state index in [1.165, 1.54) is 57.8 Å². The number of hydrogen-bond donors (Lipinski definition) is 1. The maximum atomic E-state index is 12.0. The first-order chi connectivity index (χ1) is 10.8. The van der Waals surface area contributed by atoms with Crippen molar-refractivity contribution in [1.82, 2.24) is 0 Å². The molecule has 1 aromatic rings. The molecule has 0 spiro atoms. The maximum absolute atomic E-state index is 12.0. The number of rotatable bonds is 13. The molecule has 0 amide bonds. The number of carbonyl (C=O) groups is 1.